The number of ether oxygens (including phenoxy) is 1. The van der Waals surface area contributed by atoms with Crippen LogP contribution < -0.4 is 4.74 Å². The van der Waals surface area contributed by atoms with Gasteiger partial charge >= 0.3 is 0 Å². The maximum atomic E-state index is 11.5. The molecule has 2 aromatic carbocycles. The zero-order chi connectivity index (χ0) is 15.6. The second-order valence-corrected chi connectivity index (χ2v) is 5.42. The van der Waals surface area contributed by atoms with Crippen LogP contribution in [0, 0.1) is 17.0 Å². The number of hydrogen-bond acceptors (Lipinski definition) is 4. The van der Waals surface area contributed by atoms with Gasteiger partial charge in [0.05, 0.1) is 10.5 Å². The van der Waals surface area contributed by atoms with E-state index in [-0.39, 0.29) is 17.0 Å². The summed E-state index contributed by atoms with van der Waals surface area (Å²) in [6, 6.07) is 9.71. The summed E-state index contributed by atoms with van der Waals surface area (Å²) >= 11 is 3.35. The Morgan fingerprint density at radius 3 is 2.57 bits per heavy atom. The minimum atomic E-state index is -0.579. The van der Waals surface area contributed by atoms with Crippen LogP contribution in [0.5, 0.6) is 11.5 Å². The average Bonchev–Trinajstić information content (AvgIpc) is 2.42. The number of carbonyl (C=O) groups excluding carboxylic acids is 1. The van der Waals surface area contributed by atoms with Gasteiger partial charge in [-0.15, -0.1) is 0 Å². The Labute approximate surface area is 129 Å². The lowest BCUT2D eigenvalue weighted by Crippen LogP contribution is -2.00. The first-order valence-electron chi connectivity index (χ1n) is 6.12. The first-order valence-corrected chi connectivity index (χ1v) is 6.91. The van der Waals surface area contributed by atoms with Gasteiger partial charge in [-0.1, -0.05) is 22.0 Å². The Balaban J connectivity index is 2.41. The highest BCUT2D eigenvalue weighted by molar-refractivity contribution is 9.10. The van der Waals surface area contributed by atoms with E-state index < -0.39 is 4.92 Å². The van der Waals surface area contributed by atoms with Gasteiger partial charge in [0.15, 0.2) is 5.78 Å². The van der Waals surface area contributed by atoms with Crippen molar-refractivity contribution in [3.63, 3.8) is 0 Å². The Morgan fingerprint density at radius 1 is 1.24 bits per heavy atom. The predicted octanol–water partition coefficient (Wildman–Crippen LogP) is 4.66. The summed E-state index contributed by atoms with van der Waals surface area (Å²) in [6.45, 7) is 3.18. The summed E-state index contributed by atoms with van der Waals surface area (Å²) in [4.78, 5) is 21.9. The first-order chi connectivity index (χ1) is 9.88. The minimum absolute atomic E-state index is 0.0325. The van der Waals surface area contributed by atoms with Gasteiger partial charge in [-0.25, -0.2) is 0 Å². The van der Waals surface area contributed by atoms with Crippen LogP contribution in [0.4, 0.5) is 5.69 Å². The molecular formula is C15H12BrNO4. The summed E-state index contributed by atoms with van der Waals surface area (Å²) in [5.41, 5.74) is 0.729. The third-order valence-electron chi connectivity index (χ3n) is 2.92. The van der Waals surface area contributed by atoms with Gasteiger partial charge in [-0.3, -0.25) is 14.9 Å². The zero-order valence-corrected chi connectivity index (χ0v) is 13.0. The van der Waals surface area contributed by atoms with Gasteiger partial charge in [-0.2, -0.15) is 0 Å². The molecule has 0 radical (unpaired) electrons. The molecule has 0 unspecified atom stereocenters. The third-order valence-corrected chi connectivity index (χ3v) is 3.42. The molecule has 5 nitrogen and oxygen atoms in total. The molecule has 0 aliphatic rings. The highest BCUT2D eigenvalue weighted by Crippen LogP contribution is 2.31. The van der Waals surface area contributed by atoms with Crippen LogP contribution in [-0.4, -0.2) is 10.7 Å². The Kier molecular flexibility index (Phi) is 4.37. The van der Waals surface area contributed by atoms with E-state index in [4.69, 9.17) is 4.74 Å². The predicted molar refractivity (Wildman–Crippen MR) is 82.1 cm³/mol. The second-order valence-electron chi connectivity index (χ2n) is 4.50. The van der Waals surface area contributed by atoms with E-state index in [0.717, 1.165) is 10.0 Å². The highest BCUT2D eigenvalue weighted by Gasteiger charge is 2.18. The Bertz CT molecular complexity index is 728. The van der Waals surface area contributed by atoms with Crippen molar-refractivity contribution >= 4 is 27.4 Å². The number of nitro benzene ring substituents is 1. The average molecular weight is 350 g/mol. The van der Waals surface area contributed by atoms with Gasteiger partial charge in [0, 0.05) is 10.5 Å². The Hall–Kier alpha value is -2.21. The lowest BCUT2D eigenvalue weighted by molar-refractivity contribution is -0.385. The molecule has 108 valence electrons. The van der Waals surface area contributed by atoms with Gasteiger partial charge < -0.3 is 4.74 Å². The van der Waals surface area contributed by atoms with Crippen LogP contribution >= 0.6 is 15.9 Å². The number of rotatable bonds is 4. The summed E-state index contributed by atoms with van der Waals surface area (Å²) in [7, 11) is 0. The molecule has 0 aliphatic carbocycles. The number of nitrogens with zero attached hydrogens (tertiary/aromatic N) is 1. The largest absolute Gasteiger partial charge is 0.457 e. The SMILES string of the molecule is CC(=O)c1cc(Oc2cc(Br)ccc2C)ccc1[N+](=O)[O-]. The normalized spacial score (nSPS) is 10.2. The number of carbonyl (C=O) groups is 1. The van der Waals surface area contributed by atoms with Crippen molar-refractivity contribution in [1.82, 2.24) is 0 Å². The van der Waals surface area contributed by atoms with E-state index in [2.05, 4.69) is 15.9 Å². The molecule has 0 amide bonds. The lowest BCUT2D eigenvalue weighted by atomic mass is 10.1. The summed E-state index contributed by atoms with van der Waals surface area (Å²) in [5.74, 6) is 0.623. The number of halogens is 1. The van der Waals surface area contributed by atoms with Gasteiger partial charge in [-0.05, 0) is 43.7 Å². The van der Waals surface area contributed by atoms with Crippen molar-refractivity contribution < 1.29 is 14.5 Å². The molecule has 0 saturated carbocycles. The van der Waals surface area contributed by atoms with Crippen LogP contribution in [0.25, 0.3) is 0 Å². The number of nitro groups is 1. The molecule has 0 saturated heterocycles. The Morgan fingerprint density at radius 2 is 1.95 bits per heavy atom. The molecule has 0 heterocycles. The molecule has 0 aliphatic heterocycles. The van der Waals surface area contributed by atoms with Crippen molar-refractivity contribution in [3.05, 3.63) is 62.1 Å². The number of hydrogen-bond donors (Lipinski definition) is 0. The monoisotopic (exact) mass is 349 g/mol. The minimum Gasteiger partial charge on any atom is -0.457 e. The molecule has 2 rings (SSSR count). The van der Waals surface area contributed by atoms with E-state index in [1.807, 2.05) is 19.1 Å². The van der Waals surface area contributed by atoms with Crippen molar-refractivity contribution in [2.24, 2.45) is 0 Å². The van der Waals surface area contributed by atoms with Crippen molar-refractivity contribution in [2.75, 3.05) is 0 Å². The molecule has 21 heavy (non-hydrogen) atoms. The van der Waals surface area contributed by atoms with Crippen LogP contribution in [0.2, 0.25) is 0 Å². The van der Waals surface area contributed by atoms with E-state index in [9.17, 15) is 14.9 Å². The maximum Gasteiger partial charge on any atom is 0.280 e. The van der Waals surface area contributed by atoms with Crippen LogP contribution in [0.3, 0.4) is 0 Å². The summed E-state index contributed by atoms with van der Waals surface area (Å²) in [5, 5.41) is 10.9. The van der Waals surface area contributed by atoms with Crippen molar-refractivity contribution in [2.45, 2.75) is 13.8 Å². The molecule has 0 aromatic heterocycles. The van der Waals surface area contributed by atoms with Gasteiger partial charge in [0.25, 0.3) is 5.69 Å². The molecular weight excluding hydrogens is 338 g/mol. The third kappa shape index (κ3) is 3.46. The maximum absolute atomic E-state index is 11.5. The topological polar surface area (TPSA) is 69.4 Å². The van der Waals surface area contributed by atoms with E-state index in [1.54, 1.807) is 6.07 Å². The number of benzene rings is 2. The zero-order valence-electron chi connectivity index (χ0n) is 11.4. The standard InChI is InChI=1S/C15H12BrNO4/c1-9-3-4-11(16)7-15(9)21-12-5-6-14(17(19)20)13(8-12)10(2)18/h3-8H,1-2H3. The fourth-order valence-electron chi connectivity index (χ4n) is 1.83. The lowest BCUT2D eigenvalue weighted by Gasteiger charge is -2.10. The van der Waals surface area contributed by atoms with Crippen molar-refractivity contribution in [3.8, 4) is 11.5 Å². The smallest absolute Gasteiger partial charge is 0.280 e. The summed E-state index contributed by atoms with van der Waals surface area (Å²) in [6.07, 6.45) is 0. The molecule has 0 fully saturated rings. The summed E-state index contributed by atoms with van der Waals surface area (Å²) < 4.78 is 6.57. The molecule has 0 N–H and O–H groups in total. The molecule has 0 atom stereocenters. The molecule has 6 heteroatoms. The number of ketones is 1. The fraction of sp³-hybridized carbons (Fsp3) is 0.133. The van der Waals surface area contributed by atoms with Crippen LogP contribution in [0.15, 0.2) is 40.9 Å². The highest BCUT2D eigenvalue weighted by atomic mass is 79.9. The van der Waals surface area contributed by atoms with Crippen LogP contribution in [0.1, 0.15) is 22.8 Å². The molecule has 0 spiro atoms. The first kappa shape index (κ1) is 15.2. The van der Waals surface area contributed by atoms with E-state index in [1.165, 1.54) is 25.1 Å². The van der Waals surface area contributed by atoms with Crippen LogP contribution in [-0.2, 0) is 0 Å². The van der Waals surface area contributed by atoms with E-state index >= 15 is 0 Å². The second kappa shape index (κ2) is 6.05. The van der Waals surface area contributed by atoms with E-state index in [0.29, 0.717) is 11.5 Å². The van der Waals surface area contributed by atoms with Gasteiger partial charge in [0.2, 0.25) is 0 Å². The quantitative estimate of drug-likeness (QED) is 0.457. The fourth-order valence-corrected chi connectivity index (χ4v) is 2.17. The number of Topliss-reactive ketones (excluding diaryl/α,β-unsaturated/α-hetero) is 1. The molecule has 2 aromatic rings. The number of aryl methyl sites for hydroxylation is 1. The molecule has 0 bridgehead atoms. The van der Waals surface area contributed by atoms with Crippen molar-refractivity contribution in [1.29, 1.82) is 0 Å². The van der Waals surface area contributed by atoms with Gasteiger partial charge in [0.1, 0.15) is 11.5 Å².